The number of hydrogen-bond acceptors (Lipinski definition) is 7. The molecule has 5 rings (SSSR count). The number of amides is 3. The summed E-state index contributed by atoms with van der Waals surface area (Å²) < 4.78 is 16.9. The maximum atomic E-state index is 13.5. The number of furan rings is 1. The highest BCUT2D eigenvalue weighted by Gasteiger charge is 2.18. The lowest BCUT2D eigenvalue weighted by molar-refractivity contribution is -0.115. The SMILES string of the molecule is CCOc1ccc(NC(=O)C(C)Sc2ccc(NC(=O)C(=Cc3ccc(-c4ccccc4OC)o3)NC(=O)c3ccccc3)cc2)cc1. The smallest absolute Gasteiger partial charge is 0.272 e. The third-order valence-corrected chi connectivity index (χ3v) is 8.15. The summed E-state index contributed by atoms with van der Waals surface area (Å²) in [5, 5.41) is 8.10. The molecule has 1 heterocycles. The molecule has 244 valence electrons. The molecule has 1 aromatic heterocycles. The van der Waals surface area contributed by atoms with E-state index in [2.05, 4.69) is 16.0 Å². The number of anilines is 2. The number of hydrogen-bond donors (Lipinski definition) is 3. The molecule has 0 bridgehead atoms. The topological polar surface area (TPSA) is 119 Å². The third-order valence-electron chi connectivity index (χ3n) is 7.04. The maximum absolute atomic E-state index is 13.5. The molecule has 48 heavy (non-hydrogen) atoms. The van der Waals surface area contributed by atoms with Crippen molar-refractivity contribution in [2.75, 3.05) is 24.4 Å². The Hall–Kier alpha value is -5.74. The van der Waals surface area contributed by atoms with Gasteiger partial charge >= 0.3 is 0 Å². The lowest BCUT2D eigenvalue weighted by Gasteiger charge is -2.14. The first-order valence-corrected chi connectivity index (χ1v) is 16.1. The van der Waals surface area contributed by atoms with E-state index in [0.29, 0.717) is 40.8 Å². The first-order chi connectivity index (χ1) is 23.3. The monoisotopic (exact) mass is 661 g/mol. The molecular formula is C38H35N3O6S. The Kier molecular flexibility index (Phi) is 11.3. The van der Waals surface area contributed by atoms with Crippen LogP contribution in [0.3, 0.4) is 0 Å². The highest BCUT2D eigenvalue weighted by atomic mass is 32.2. The largest absolute Gasteiger partial charge is 0.496 e. The second-order valence-electron chi connectivity index (χ2n) is 10.5. The Morgan fingerprint density at radius 3 is 2.19 bits per heavy atom. The fourth-order valence-corrected chi connectivity index (χ4v) is 5.49. The number of carbonyl (C=O) groups is 3. The van der Waals surface area contributed by atoms with Crippen LogP contribution >= 0.6 is 11.8 Å². The molecule has 0 aliphatic rings. The van der Waals surface area contributed by atoms with Crippen molar-refractivity contribution in [3.8, 4) is 22.8 Å². The zero-order valence-corrected chi connectivity index (χ0v) is 27.5. The van der Waals surface area contributed by atoms with Gasteiger partial charge in [-0.05, 0) is 98.8 Å². The van der Waals surface area contributed by atoms with Crippen molar-refractivity contribution in [1.29, 1.82) is 0 Å². The molecule has 5 aromatic rings. The van der Waals surface area contributed by atoms with E-state index in [1.807, 2.05) is 62.4 Å². The van der Waals surface area contributed by atoms with Crippen molar-refractivity contribution < 1.29 is 28.3 Å². The van der Waals surface area contributed by atoms with E-state index in [1.165, 1.54) is 17.8 Å². The molecule has 3 N–H and O–H groups in total. The van der Waals surface area contributed by atoms with Crippen LogP contribution in [-0.4, -0.2) is 36.7 Å². The van der Waals surface area contributed by atoms with Crippen LogP contribution in [0.1, 0.15) is 30.0 Å². The van der Waals surface area contributed by atoms with Crippen molar-refractivity contribution in [2.45, 2.75) is 24.0 Å². The summed E-state index contributed by atoms with van der Waals surface area (Å²) in [6, 6.07) is 33.9. The van der Waals surface area contributed by atoms with Crippen LogP contribution < -0.4 is 25.4 Å². The van der Waals surface area contributed by atoms with Crippen LogP contribution in [-0.2, 0) is 9.59 Å². The van der Waals surface area contributed by atoms with E-state index in [1.54, 1.807) is 73.8 Å². The lowest BCUT2D eigenvalue weighted by Crippen LogP contribution is -2.30. The molecular weight excluding hydrogens is 627 g/mol. The van der Waals surface area contributed by atoms with Crippen LogP contribution in [0.15, 0.2) is 130 Å². The van der Waals surface area contributed by atoms with Gasteiger partial charge in [0.1, 0.15) is 28.7 Å². The molecule has 0 saturated carbocycles. The van der Waals surface area contributed by atoms with E-state index < -0.39 is 11.8 Å². The van der Waals surface area contributed by atoms with Crippen molar-refractivity contribution in [2.24, 2.45) is 0 Å². The highest BCUT2D eigenvalue weighted by molar-refractivity contribution is 8.00. The van der Waals surface area contributed by atoms with Crippen molar-refractivity contribution in [3.05, 3.63) is 132 Å². The number of carbonyl (C=O) groups excluding carboxylic acids is 3. The minimum Gasteiger partial charge on any atom is -0.496 e. The molecule has 0 radical (unpaired) electrons. The minimum atomic E-state index is -0.543. The second kappa shape index (κ2) is 16.2. The van der Waals surface area contributed by atoms with Crippen molar-refractivity contribution >= 4 is 46.9 Å². The molecule has 0 spiro atoms. The second-order valence-corrected chi connectivity index (χ2v) is 11.9. The first-order valence-electron chi connectivity index (χ1n) is 15.3. The molecule has 0 fully saturated rings. The van der Waals surface area contributed by atoms with Crippen LogP contribution in [0.4, 0.5) is 11.4 Å². The molecule has 0 aliphatic carbocycles. The fourth-order valence-electron chi connectivity index (χ4n) is 4.63. The van der Waals surface area contributed by atoms with Crippen LogP contribution in [0.2, 0.25) is 0 Å². The van der Waals surface area contributed by atoms with Gasteiger partial charge in [0.15, 0.2) is 0 Å². The van der Waals surface area contributed by atoms with Gasteiger partial charge in [0.25, 0.3) is 11.8 Å². The number of nitrogens with one attached hydrogen (secondary N) is 3. The molecule has 0 saturated heterocycles. The minimum absolute atomic E-state index is 0.0113. The number of benzene rings is 4. The van der Waals surface area contributed by atoms with E-state index in [0.717, 1.165) is 16.2 Å². The summed E-state index contributed by atoms with van der Waals surface area (Å²) in [6.07, 6.45) is 1.48. The molecule has 3 amide bonds. The first kappa shape index (κ1) is 33.6. The van der Waals surface area contributed by atoms with Crippen LogP contribution in [0.25, 0.3) is 17.4 Å². The third kappa shape index (κ3) is 8.95. The van der Waals surface area contributed by atoms with Gasteiger partial charge in [0.05, 0.1) is 24.5 Å². The maximum Gasteiger partial charge on any atom is 0.272 e. The number of rotatable bonds is 13. The summed E-state index contributed by atoms with van der Waals surface area (Å²) in [5.74, 6) is 1.16. The Bertz CT molecular complexity index is 1890. The van der Waals surface area contributed by atoms with Gasteiger partial charge in [0.2, 0.25) is 5.91 Å². The zero-order valence-electron chi connectivity index (χ0n) is 26.7. The summed E-state index contributed by atoms with van der Waals surface area (Å²) in [5.41, 5.74) is 2.32. The van der Waals surface area contributed by atoms with E-state index >= 15 is 0 Å². The Morgan fingerprint density at radius 2 is 1.48 bits per heavy atom. The van der Waals surface area contributed by atoms with Gasteiger partial charge in [-0.25, -0.2) is 0 Å². The Morgan fingerprint density at radius 1 is 0.812 bits per heavy atom. The van der Waals surface area contributed by atoms with Crippen molar-refractivity contribution in [3.63, 3.8) is 0 Å². The molecule has 1 atom stereocenters. The van der Waals surface area contributed by atoms with Crippen LogP contribution in [0, 0.1) is 0 Å². The quantitative estimate of drug-likeness (QED) is 0.0868. The Labute approximate surface area is 283 Å². The van der Waals surface area contributed by atoms with E-state index in [9.17, 15) is 14.4 Å². The normalized spacial score (nSPS) is 11.7. The average Bonchev–Trinajstić information content (AvgIpc) is 3.58. The number of methoxy groups -OCH3 is 1. The number of ether oxygens (including phenoxy) is 2. The van der Waals surface area contributed by atoms with Gasteiger partial charge in [-0.1, -0.05) is 30.3 Å². The summed E-state index contributed by atoms with van der Waals surface area (Å²) >= 11 is 1.39. The molecule has 9 nitrogen and oxygen atoms in total. The lowest BCUT2D eigenvalue weighted by atomic mass is 10.1. The zero-order chi connectivity index (χ0) is 33.9. The van der Waals surface area contributed by atoms with Crippen molar-refractivity contribution in [1.82, 2.24) is 5.32 Å². The predicted octanol–water partition coefficient (Wildman–Crippen LogP) is 7.88. The predicted molar refractivity (Wildman–Crippen MR) is 189 cm³/mol. The standard InChI is InChI=1S/C38H35N3O6S/c1-4-46-29-18-14-27(15-19-29)39-36(42)25(2)48-31-21-16-28(17-22-31)40-38(44)33(41-37(43)26-10-6-5-7-11-26)24-30-20-23-35(47-30)32-12-8-9-13-34(32)45-3/h5-25H,4H2,1-3H3,(H,39,42)(H,40,44)(H,41,43). The summed E-state index contributed by atoms with van der Waals surface area (Å²) in [4.78, 5) is 40.2. The molecule has 0 aliphatic heterocycles. The molecule has 10 heteroatoms. The Balaban J connectivity index is 1.27. The van der Waals surface area contributed by atoms with Gasteiger partial charge in [0, 0.05) is 27.9 Å². The van der Waals surface area contributed by atoms with Gasteiger partial charge < -0.3 is 29.8 Å². The van der Waals surface area contributed by atoms with Gasteiger partial charge in [-0.2, -0.15) is 0 Å². The van der Waals surface area contributed by atoms with Gasteiger partial charge in [-0.3, -0.25) is 14.4 Å². The summed E-state index contributed by atoms with van der Waals surface area (Å²) in [6.45, 7) is 4.31. The van der Waals surface area contributed by atoms with E-state index in [-0.39, 0.29) is 16.9 Å². The van der Waals surface area contributed by atoms with Gasteiger partial charge in [-0.15, -0.1) is 11.8 Å². The highest BCUT2D eigenvalue weighted by Crippen LogP contribution is 2.31. The summed E-state index contributed by atoms with van der Waals surface area (Å²) in [7, 11) is 1.58. The fraction of sp³-hybridized carbons (Fsp3) is 0.132. The van der Waals surface area contributed by atoms with Crippen LogP contribution in [0.5, 0.6) is 11.5 Å². The number of para-hydroxylation sites is 1. The number of thioether (sulfide) groups is 1. The average molecular weight is 662 g/mol. The van der Waals surface area contributed by atoms with E-state index in [4.69, 9.17) is 13.9 Å². The molecule has 1 unspecified atom stereocenters. The molecule has 4 aromatic carbocycles.